The van der Waals surface area contributed by atoms with E-state index in [-0.39, 0.29) is 17.7 Å². The quantitative estimate of drug-likeness (QED) is 0.626. The van der Waals surface area contributed by atoms with Crippen molar-refractivity contribution in [3.05, 3.63) is 76.8 Å². The summed E-state index contributed by atoms with van der Waals surface area (Å²) in [5, 5.41) is 9.69. The smallest absolute Gasteiger partial charge is 0.323 e. The summed E-state index contributed by atoms with van der Waals surface area (Å²) in [6.45, 7) is 0.152. The number of benzene rings is 2. The molecule has 1 saturated heterocycles. The number of carboxylic acid groups (broad SMARTS) is 1. The van der Waals surface area contributed by atoms with E-state index in [2.05, 4.69) is 0 Å². The SMILES string of the molecule is O=C(O)Cn1cc(/C=C2\SC(=O)N(CCc3ccccc3)C2=O)c2ccccc21. The summed E-state index contributed by atoms with van der Waals surface area (Å²) < 4.78 is 1.63. The number of para-hydroxylation sites is 1. The number of carbonyl (C=O) groups is 3. The first-order chi connectivity index (χ1) is 14.0. The summed E-state index contributed by atoms with van der Waals surface area (Å²) in [5.41, 5.74) is 2.55. The number of aromatic nitrogens is 1. The number of thioether (sulfide) groups is 1. The molecule has 0 aliphatic carbocycles. The molecule has 1 N–H and O–H groups in total. The summed E-state index contributed by atoms with van der Waals surface area (Å²) in [6, 6.07) is 17.1. The van der Waals surface area contributed by atoms with Gasteiger partial charge in [-0.1, -0.05) is 48.5 Å². The molecule has 0 atom stereocenters. The lowest BCUT2D eigenvalue weighted by Crippen LogP contribution is -2.30. The van der Waals surface area contributed by atoms with Crippen molar-refractivity contribution in [1.82, 2.24) is 9.47 Å². The number of nitrogens with zero attached hydrogens (tertiary/aromatic N) is 2. The predicted molar refractivity (Wildman–Crippen MR) is 112 cm³/mol. The Balaban J connectivity index is 1.59. The second kappa shape index (κ2) is 7.97. The topological polar surface area (TPSA) is 79.6 Å². The fourth-order valence-corrected chi connectivity index (χ4v) is 4.24. The lowest BCUT2D eigenvalue weighted by Gasteiger charge is -2.12. The number of hydrogen-bond acceptors (Lipinski definition) is 4. The van der Waals surface area contributed by atoms with Gasteiger partial charge in [0, 0.05) is 29.2 Å². The van der Waals surface area contributed by atoms with Crippen LogP contribution in [0.5, 0.6) is 0 Å². The van der Waals surface area contributed by atoms with Gasteiger partial charge in [0.15, 0.2) is 0 Å². The third kappa shape index (κ3) is 3.95. The number of fused-ring (bicyclic) bond motifs is 1. The van der Waals surface area contributed by atoms with Gasteiger partial charge in [-0.05, 0) is 35.9 Å². The molecule has 4 rings (SSSR count). The van der Waals surface area contributed by atoms with E-state index in [0.29, 0.717) is 17.9 Å². The number of imide groups is 1. The fourth-order valence-electron chi connectivity index (χ4n) is 3.39. The van der Waals surface area contributed by atoms with Gasteiger partial charge in [-0.25, -0.2) is 0 Å². The first-order valence-corrected chi connectivity index (χ1v) is 9.93. The van der Waals surface area contributed by atoms with Gasteiger partial charge in [0.05, 0.1) is 4.91 Å². The van der Waals surface area contributed by atoms with Crippen LogP contribution in [-0.2, 0) is 22.6 Å². The van der Waals surface area contributed by atoms with Crippen molar-refractivity contribution in [2.45, 2.75) is 13.0 Å². The Morgan fingerprint density at radius 1 is 1.03 bits per heavy atom. The number of carbonyl (C=O) groups excluding carboxylic acids is 2. The molecule has 1 fully saturated rings. The highest BCUT2D eigenvalue weighted by atomic mass is 32.2. The molecule has 1 aromatic heterocycles. The Labute approximate surface area is 171 Å². The van der Waals surface area contributed by atoms with E-state index in [4.69, 9.17) is 5.11 Å². The number of amides is 2. The molecule has 7 heteroatoms. The van der Waals surface area contributed by atoms with Crippen molar-refractivity contribution in [3.8, 4) is 0 Å². The number of carboxylic acids is 1. The summed E-state index contributed by atoms with van der Waals surface area (Å²) in [5.74, 6) is -1.26. The van der Waals surface area contributed by atoms with E-state index in [1.807, 2.05) is 54.6 Å². The second-order valence-electron chi connectivity index (χ2n) is 6.69. The first-order valence-electron chi connectivity index (χ1n) is 9.12. The summed E-state index contributed by atoms with van der Waals surface area (Å²) in [6.07, 6.45) is 3.98. The van der Waals surface area contributed by atoms with Gasteiger partial charge in [-0.3, -0.25) is 19.3 Å². The molecule has 0 radical (unpaired) electrons. The predicted octanol–water partition coefficient (Wildman–Crippen LogP) is 4.00. The second-order valence-corrected chi connectivity index (χ2v) is 7.69. The highest BCUT2D eigenvalue weighted by Gasteiger charge is 2.34. The lowest BCUT2D eigenvalue weighted by atomic mass is 10.1. The van der Waals surface area contributed by atoms with Crippen LogP contribution in [0.1, 0.15) is 11.1 Å². The van der Waals surface area contributed by atoms with E-state index in [9.17, 15) is 14.4 Å². The molecule has 0 spiro atoms. The maximum Gasteiger partial charge on any atom is 0.323 e. The molecular weight excluding hydrogens is 388 g/mol. The van der Waals surface area contributed by atoms with E-state index in [0.717, 1.165) is 33.8 Å². The highest BCUT2D eigenvalue weighted by molar-refractivity contribution is 8.18. The van der Waals surface area contributed by atoms with Gasteiger partial charge in [-0.2, -0.15) is 0 Å². The minimum absolute atomic E-state index is 0.174. The fraction of sp³-hybridized carbons (Fsp3) is 0.136. The van der Waals surface area contributed by atoms with Gasteiger partial charge in [0.2, 0.25) is 0 Å². The number of rotatable bonds is 6. The molecule has 0 saturated carbocycles. The monoisotopic (exact) mass is 406 g/mol. The van der Waals surface area contributed by atoms with Crippen LogP contribution in [0.15, 0.2) is 65.7 Å². The molecule has 6 nitrogen and oxygen atoms in total. The number of hydrogen-bond donors (Lipinski definition) is 1. The maximum absolute atomic E-state index is 12.8. The maximum atomic E-state index is 12.8. The molecule has 1 aliphatic rings. The van der Waals surface area contributed by atoms with Crippen molar-refractivity contribution in [1.29, 1.82) is 0 Å². The van der Waals surface area contributed by atoms with Crippen LogP contribution in [0, 0.1) is 0 Å². The summed E-state index contributed by atoms with van der Waals surface area (Å²) in [4.78, 5) is 37.9. The highest BCUT2D eigenvalue weighted by Crippen LogP contribution is 2.34. The van der Waals surface area contributed by atoms with Crippen LogP contribution in [0.4, 0.5) is 4.79 Å². The van der Waals surface area contributed by atoms with Gasteiger partial charge in [0.25, 0.3) is 11.1 Å². The zero-order chi connectivity index (χ0) is 20.4. The average molecular weight is 406 g/mol. The van der Waals surface area contributed by atoms with Gasteiger partial charge in [0.1, 0.15) is 6.54 Å². The Bertz CT molecular complexity index is 1130. The van der Waals surface area contributed by atoms with Crippen LogP contribution in [0.25, 0.3) is 17.0 Å². The van der Waals surface area contributed by atoms with E-state index >= 15 is 0 Å². The van der Waals surface area contributed by atoms with Crippen molar-refractivity contribution in [3.63, 3.8) is 0 Å². The zero-order valence-electron chi connectivity index (χ0n) is 15.4. The zero-order valence-corrected chi connectivity index (χ0v) is 16.3. The molecule has 2 heterocycles. The third-order valence-corrected chi connectivity index (χ3v) is 5.66. The van der Waals surface area contributed by atoms with E-state index < -0.39 is 5.97 Å². The Hall–Kier alpha value is -3.32. The molecule has 3 aromatic rings. The normalized spacial score (nSPS) is 15.6. The Morgan fingerprint density at radius 2 is 1.76 bits per heavy atom. The molecule has 29 heavy (non-hydrogen) atoms. The van der Waals surface area contributed by atoms with Gasteiger partial charge in [-0.15, -0.1) is 0 Å². The Morgan fingerprint density at radius 3 is 2.52 bits per heavy atom. The number of aliphatic carboxylic acids is 1. The minimum Gasteiger partial charge on any atom is -0.480 e. The van der Waals surface area contributed by atoms with Crippen LogP contribution in [-0.4, -0.2) is 38.2 Å². The van der Waals surface area contributed by atoms with Crippen LogP contribution < -0.4 is 0 Å². The minimum atomic E-state index is -0.946. The summed E-state index contributed by atoms with van der Waals surface area (Å²) >= 11 is 0.916. The molecule has 2 aromatic carbocycles. The molecule has 0 unspecified atom stereocenters. The van der Waals surface area contributed by atoms with Gasteiger partial charge >= 0.3 is 5.97 Å². The molecule has 2 amide bonds. The first kappa shape index (κ1) is 19.0. The summed E-state index contributed by atoms with van der Waals surface area (Å²) in [7, 11) is 0. The average Bonchev–Trinajstić information content (AvgIpc) is 3.18. The van der Waals surface area contributed by atoms with E-state index in [1.165, 1.54) is 4.90 Å². The molecule has 146 valence electrons. The third-order valence-electron chi connectivity index (χ3n) is 4.75. The van der Waals surface area contributed by atoms with Crippen molar-refractivity contribution in [2.75, 3.05) is 6.54 Å². The Kier molecular flexibility index (Phi) is 5.22. The van der Waals surface area contributed by atoms with Crippen LogP contribution in [0.2, 0.25) is 0 Å². The van der Waals surface area contributed by atoms with Crippen molar-refractivity contribution < 1.29 is 19.5 Å². The molecule has 1 aliphatic heterocycles. The van der Waals surface area contributed by atoms with Gasteiger partial charge < -0.3 is 9.67 Å². The van der Waals surface area contributed by atoms with Crippen molar-refractivity contribution in [2.24, 2.45) is 0 Å². The molecule has 0 bridgehead atoms. The largest absolute Gasteiger partial charge is 0.480 e. The standard InChI is InChI=1S/C22H18N2O4S/c25-20(26)14-23-13-16(17-8-4-5-9-18(17)23)12-19-21(27)24(22(28)29-19)11-10-15-6-2-1-3-7-15/h1-9,12-13H,10-11,14H2,(H,25,26)/b19-12-. The van der Waals surface area contributed by atoms with Crippen LogP contribution >= 0.6 is 11.8 Å². The molecular formula is C22H18N2O4S. The lowest BCUT2D eigenvalue weighted by molar-refractivity contribution is -0.137. The van der Waals surface area contributed by atoms with Crippen LogP contribution in [0.3, 0.4) is 0 Å². The van der Waals surface area contributed by atoms with E-state index in [1.54, 1.807) is 16.8 Å². The van der Waals surface area contributed by atoms with Crippen molar-refractivity contribution >= 4 is 45.9 Å².